The number of aryl methyl sites for hydroxylation is 1. The molecule has 0 aliphatic carbocycles. The van der Waals surface area contributed by atoms with Crippen molar-refractivity contribution in [3.05, 3.63) is 48.0 Å². The number of amides is 3. The molecule has 4 N–H and O–H groups in total. The maximum Gasteiger partial charge on any atom is 0.408 e. The van der Waals surface area contributed by atoms with Crippen molar-refractivity contribution in [2.24, 2.45) is 5.73 Å². The minimum absolute atomic E-state index is 0.297. The number of carbonyl (C=O) groups excluding carboxylic acids is 3. The number of benzene rings is 2. The van der Waals surface area contributed by atoms with Crippen LogP contribution in [0, 0.1) is 0 Å². The SMILES string of the molecule is CC(C)(C)OC(=O)N[C@@H](CC(N)=O)C(=O)NCCCc1cccc2ccccc12. The molecule has 156 valence electrons. The van der Waals surface area contributed by atoms with Crippen LogP contribution in [0.25, 0.3) is 10.8 Å². The van der Waals surface area contributed by atoms with Crippen LogP contribution < -0.4 is 16.4 Å². The molecule has 1 atom stereocenters. The fraction of sp³-hybridized carbons (Fsp3) is 0.409. The molecule has 0 saturated heterocycles. The molecule has 0 aliphatic heterocycles. The van der Waals surface area contributed by atoms with Crippen LogP contribution in [0.15, 0.2) is 42.5 Å². The molecule has 0 bridgehead atoms. The van der Waals surface area contributed by atoms with Crippen LogP contribution in [0.3, 0.4) is 0 Å². The van der Waals surface area contributed by atoms with Gasteiger partial charge in [0, 0.05) is 6.54 Å². The van der Waals surface area contributed by atoms with Crippen molar-refractivity contribution in [2.45, 2.75) is 51.7 Å². The smallest absolute Gasteiger partial charge is 0.408 e. The number of alkyl carbamates (subject to hydrolysis) is 1. The Morgan fingerprint density at radius 1 is 1.07 bits per heavy atom. The van der Waals surface area contributed by atoms with E-state index in [1.807, 2.05) is 18.2 Å². The van der Waals surface area contributed by atoms with E-state index < -0.39 is 29.6 Å². The highest BCUT2D eigenvalue weighted by Gasteiger charge is 2.25. The van der Waals surface area contributed by atoms with Crippen LogP contribution in [0.5, 0.6) is 0 Å². The Morgan fingerprint density at radius 3 is 2.45 bits per heavy atom. The van der Waals surface area contributed by atoms with Crippen molar-refractivity contribution in [1.29, 1.82) is 0 Å². The highest BCUT2D eigenvalue weighted by Crippen LogP contribution is 2.19. The van der Waals surface area contributed by atoms with Crippen LogP contribution in [0.2, 0.25) is 0 Å². The highest BCUT2D eigenvalue weighted by atomic mass is 16.6. The number of primary amides is 1. The minimum atomic E-state index is -1.07. The number of fused-ring (bicyclic) bond motifs is 1. The normalized spacial score (nSPS) is 12.2. The predicted molar refractivity (Wildman–Crippen MR) is 112 cm³/mol. The van der Waals surface area contributed by atoms with Gasteiger partial charge in [-0.2, -0.15) is 0 Å². The third kappa shape index (κ3) is 7.44. The van der Waals surface area contributed by atoms with Crippen LogP contribution in [-0.4, -0.2) is 36.1 Å². The van der Waals surface area contributed by atoms with Crippen LogP contribution in [0.1, 0.15) is 39.2 Å². The van der Waals surface area contributed by atoms with Crippen molar-refractivity contribution < 1.29 is 19.1 Å². The first kappa shape index (κ1) is 22.2. The molecule has 0 aliphatic rings. The van der Waals surface area contributed by atoms with Gasteiger partial charge < -0.3 is 21.1 Å². The molecule has 0 heterocycles. The molecule has 7 heteroatoms. The van der Waals surface area contributed by atoms with E-state index in [-0.39, 0.29) is 6.42 Å². The van der Waals surface area contributed by atoms with E-state index in [1.54, 1.807) is 20.8 Å². The molecule has 0 fully saturated rings. The zero-order chi connectivity index (χ0) is 21.4. The molecule has 7 nitrogen and oxygen atoms in total. The van der Waals surface area contributed by atoms with Gasteiger partial charge in [-0.25, -0.2) is 4.79 Å². The first-order valence-electron chi connectivity index (χ1n) is 9.68. The first-order chi connectivity index (χ1) is 13.7. The summed E-state index contributed by atoms with van der Waals surface area (Å²) < 4.78 is 5.14. The van der Waals surface area contributed by atoms with Crippen molar-refractivity contribution in [3.8, 4) is 0 Å². The molecule has 29 heavy (non-hydrogen) atoms. The summed E-state index contributed by atoms with van der Waals surface area (Å²) in [6.07, 6.45) is 0.445. The Hall–Kier alpha value is -3.09. The van der Waals surface area contributed by atoms with Crippen molar-refractivity contribution in [2.75, 3.05) is 6.54 Å². The molecule has 0 spiro atoms. The van der Waals surface area contributed by atoms with Crippen molar-refractivity contribution >= 4 is 28.7 Å². The average molecular weight is 399 g/mol. The molecule has 0 aromatic heterocycles. The fourth-order valence-electron chi connectivity index (χ4n) is 2.98. The van der Waals surface area contributed by atoms with E-state index in [1.165, 1.54) is 16.3 Å². The third-order valence-corrected chi connectivity index (χ3v) is 4.21. The molecule has 0 radical (unpaired) electrons. The van der Waals surface area contributed by atoms with Crippen LogP contribution in [0.4, 0.5) is 4.79 Å². The predicted octanol–water partition coefficient (Wildman–Crippen LogP) is 2.66. The third-order valence-electron chi connectivity index (χ3n) is 4.21. The average Bonchev–Trinajstić information content (AvgIpc) is 2.62. The summed E-state index contributed by atoms with van der Waals surface area (Å²) in [5.41, 5.74) is 5.70. The Kier molecular flexibility index (Phi) is 7.59. The van der Waals surface area contributed by atoms with Gasteiger partial charge in [0.2, 0.25) is 11.8 Å². The number of ether oxygens (including phenoxy) is 1. The maximum atomic E-state index is 12.4. The topological polar surface area (TPSA) is 111 Å². The summed E-state index contributed by atoms with van der Waals surface area (Å²) in [6.45, 7) is 5.54. The van der Waals surface area contributed by atoms with E-state index in [9.17, 15) is 14.4 Å². The van der Waals surface area contributed by atoms with Crippen molar-refractivity contribution in [3.63, 3.8) is 0 Å². The Morgan fingerprint density at radius 2 is 1.76 bits per heavy atom. The summed E-state index contributed by atoms with van der Waals surface area (Å²) in [6, 6.07) is 13.2. The van der Waals surface area contributed by atoms with Gasteiger partial charge in [0.05, 0.1) is 6.42 Å². The summed E-state index contributed by atoms with van der Waals surface area (Å²) >= 11 is 0. The summed E-state index contributed by atoms with van der Waals surface area (Å²) in [7, 11) is 0. The van der Waals surface area contributed by atoms with E-state index in [2.05, 4.69) is 34.9 Å². The molecule has 0 unspecified atom stereocenters. The van der Waals surface area contributed by atoms with E-state index >= 15 is 0 Å². The molecular formula is C22H29N3O4. The van der Waals surface area contributed by atoms with Gasteiger partial charge in [0.1, 0.15) is 11.6 Å². The van der Waals surface area contributed by atoms with Crippen LogP contribution >= 0.6 is 0 Å². The van der Waals surface area contributed by atoms with E-state index in [0.717, 1.165) is 12.8 Å². The zero-order valence-corrected chi connectivity index (χ0v) is 17.2. The molecule has 2 aromatic carbocycles. The highest BCUT2D eigenvalue weighted by molar-refractivity contribution is 5.90. The Bertz CT molecular complexity index is 868. The van der Waals surface area contributed by atoms with Crippen molar-refractivity contribution in [1.82, 2.24) is 10.6 Å². The second-order valence-corrected chi connectivity index (χ2v) is 7.90. The van der Waals surface area contributed by atoms with E-state index in [4.69, 9.17) is 10.5 Å². The molecule has 2 aromatic rings. The standard InChI is InChI=1S/C22H29N3O4/c1-22(2,3)29-21(28)25-18(14-19(23)26)20(27)24-13-7-11-16-10-6-9-15-8-4-5-12-17(15)16/h4-6,8-10,12,18H,7,11,13-14H2,1-3H3,(H2,23,26)(H,24,27)(H,25,28)/t18-/m0/s1. The number of nitrogens with two attached hydrogens (primary N) is 1. The lowest BCUT2D eigenvalue weighted by atomic mass is 10.0. The Labute approximate surface area is 171 Å². The molecule has 0 saturated carbocycles. The quantitative estimate of drug-likeness (QED) is 0.593. The number of rotatable bonds is 8. The van der Waals surface area contributed by atoms with Gasteiger partial charge in [-0.15, -0.1) is 0 Å². The summed E-state index contributed by atoms with van der Waals surface area (Å²) in [5, 5.41) is 7.54. The summed E-state index contributed by atoms with van der Waals surface area (Å²) in [5.74, 6) is -1.15. The number of carbonyl (C=O) groups is 3. The maximum absolute atomic E-state index is 12.4. The van der Waals surface area contributed by atoms with Gasteiger partial charge in [0.15, 0.2) is 0 Å². The number of hydrogen-bond donors (Lipinski definition) is 3. The van der Waals surface area contributed by atoms with Gasteiger partial charge in [-0.3, -0.25) is 9.59 Å². The van der Waals surface area contributed by atoms with Gasteiger partial charge >= 0.3 is 6.09 Å². The molecule has 3 amide bonds. The monoisotopic (exact) mass is 399 g/mol. The first-order valence-corrected chi connectivity index (χ1v) is 9.68. The lowest BCUT2D eigenvalue weighted by Crippen LogP contribution is -2.50. The lowest BCUT2D eigenvalue weighted by molar-refractivity contribution is -0.127. The number of nitrogens with one attached hydrogen (secondary N) is 2. The zero-order valence-electron chi connectivity index (χ0n) is 17.2. The van der Waals surface area contributed by atoms with Gasteiger partial charge in [-0.1, -0.05) is 42.5 Å². The van der Waals surface area contributed by atoms with E-state index in [0.29, 0.717) is 6.54 Å². The van der Waals surface area contributed by atoms with Gasteiger partial charge in [0.25, 0.3) is 0 Å². The fourth-order valence-corrected chi connectivity index (χ4v) is 2.98. The molecular weight excluding hydrogens is 370 g/mol. The Balaban J connectivity index is 1.88. The second kappa shape index (κ2) is 9.91. The molecule has 2 rings (SSSR count). The summed E-state index contributed by atoms with van der Waals surface area (Å²) in [4.78, 5) is 35.6. The lowest BCUT2D eigenvalue weighted by Gasteiger charge is -2.22. The number of hydrogen-bond acceptors (Lipinski definition) is 4. The second-order valence-electron chi connectivity index (χ2n) is 7.90. The minimum Gasteiger partial charge on any atom is -0.444 e. The van der Waals surface area contributed by atoms with Gasteiger partial charge in [-0.05, 0) is 49.9 Å². The largest absolute Gasteiger partial charge is 0.444 e. The van der Waals surface area contributed by atoms with Crippen LogP contribution in [-0.2, 0) is 20.7 Å².